The largest absolute Gasteiger partial charge is 0.324 e. The molecule has 0 bridgehead atoms. The van der Waals surface area contributed by atoms with Crippen molar-refractivity contribution in [3.63, 3.8) is 0 Å². The number of hydrogen-bond acceptors (Lipinski definition) is 2. The molecule has 0 aliphatic carbocycles. The summed E-state index contributed by atoms with van der Waals surface area (Å²) in [5.74, 6) is 0. The Labute approximate surface area is 97.9 Å². The zero-order chi connectivity index (χ0) is 12.2. The van der Waals surface area contributed by atoms with Gasteiger partial charge < -0.3 is 5.73 Å². The number of carbonyl (C=O) groups is 1. The van der Waals surface area contributed by atoms with Crippen LogP contribution in [0.1, 0.15) is 55.6 Å². The molecule has 88 valence electrons. The van der Waals surface area contributed by atoms with Crippen LogP contribution in [-0.4, -0.2) is 6.29 Å². The molecule has 0 aliphatic heterocycles. The lowest BCUT2D eigenvalue weighted by Gasteiger charge is -2.21. The van der Waals surface area contributed by atoms with Crippen molar-refractivity contribution in [3.05, 3.63) is 35.4 Å². The van der Waals surface area contributed by atoms with E-state index in [9.17, 15) is 4.79 Å². The summed E-state index contributed by atoms with van der Waals surface area (Å²) in [4.78, 5) is 10.5. The van der Waals surface area contributed by atoms with E-state index in [-0.39, 0.29) is 6.04 Å². The van der Waals surface area contributed by atoms with Crippen LogP contribution in [0.25, 0.3) is 0 Å². The van der Waals surface area contributed by atoms with E-state index in [1.807, 2.05) is 24.3 Å². The maximum absolute atomic E-state index is 10.5. The van der Waals surface area contributed by atoms with Gasteiger partial charge in [0.05, 0.1) is 0 Å². The lowest BCUT2D eigenvalue weighted by molar-refractivity contribution is 0.112. The zero-order valence-corrected chi connectivity index (χ0v) is 10.4. The second-order valence-corrected chi connectivity index (χ2v) is 5.49. The van der Waals surface area contributed by atoms with E-state index in [2.05, 4.69) is 20.8 Å². The summed E-state index contributed by atoms with van der Waals surface area (Å²) in [5.41, 5.74) is 8.23. The second-order valence-electron chi connectivity index (χ2n) is 5.49. The molecule has 2 nitrogen and oxygen atoms in total. The molecule has 0 amide bonds. The van der Waals surface area contributed by atoms with Gasteiger partial charge in [-0.25, -0.2) is 0 Å². The predicted octanol–water partition coefficient (Wildman–Crippen LogP) is 3.33. The topological polar surface area (TPSA) is 43.1 Å². The average Bonchev–Trinajstić information content (AvgIpc) is 2.25. The van der Waals surface area contributed by atoms with Crippen molar-refractivity contribution in [1.82, 2.24) is 0 Å². The summed E-state index contributed by atoms with van der Waals surface area (Å²) in [6.07, 6.45) is 2.93. The molecule has 0 aliphatic rings. The first kappa shape index (κ1) is 12.9. The van der Waals surface area contributed by atoms with Gasteiger partial charge in [-0.05, 0) is 23.8 Å². The highest BCUT2D eigenvalue weighted by Gasteiger charge is 2.13. The molecular formula is C14H21NO. The molecule has 1 aromatic rings. The first-order chi connectivity index (χ1) is 7.42. The molecule has 0 saturated heterocycles. The Morgan fingerprint density at radius 3 is 2.25 bits per heavy atom. The number of hydrogen-bond donors (Lipinski definition) is 1. The summed E-state index contributed by atoms with van der Waals surface area (Å²) in [6, 6.07) is 7.59. The Balaban J connectivity index is 2.59. The van der Waals surface area contributed by atoms with Gasteiger partial charge in [-0.3, -0.25) is 4.79 Å². The molecule has 2 N–H and O–H groups in total. The minimum absolute atomic E-state index is 0.0694. The van der Waals surface area contributed by atoms with E-state index in [1.165, 1.54) is 0 Å². The number of rotatable bonds is 4. The van der Waals surface area contributed by atoms with Gasteiger partial charge in [-0.1, -0.05) is 45.0 Å². The number of nitrogens with two attached hydrogens (primary N) is 1. The standard InChI is InChI=1S/C14H21NO/c1-14(2,3)9-8-13(15)12-6-4-11(10-16)5-7-12/h4-7,10,13H,8-9,15H2,1-3H3. The fourth-order valence-electron chi connectivity index (χ4n) is 1.58. The fourth-order valence-corrected chi connectivity index (χ4v) is 1.58. The number of benzene rings is 1. The maximum atomic E-state index is 10.5. The Kier molecular flexibility index (Phi) is 4.25. The van der Waals surface area contributed by atoms with Crippen LogP contribution in [0.2, 0.25) is 0 Å². The molecule has 2 heteroatoms. The molecule has 0 aromatic heterocycles. The van der Waals surface area contributed by atoms with Gasteiger partial charge in [0.2, 0.25) is 0 Å². The molecule has 1 atom stereocenters. The first-order valence-corrected chi connectivity index (χ1v) is 5.73. The van der Waals surface area contributed by atoms with Gasteiger partial charge in [-0.2, -0.15) is 0 Å². The Morgan fingerprint density at radius 1 is 1.25 bits per heavy atom. The monoisotopic (exact) mass is 219 g/mol. The summed E-state index contributed by atoms with van der Waals surface area (Å²) >= 11 is 0. The minimum Gasteiger partial charge on any atom is -0.324 e. The van der Waals surface area contributed by atoms with Crippen molar-refractivity contribution in [2.24, 2.45) is 11.1 Å². The van der Waals surface area contributed by atoms with Crippen molar-refractivity contribution in [3.8, 4) is 0 Å². The summed E-state index contributed by atoms with van der Waals surface area (Å²) < 4.78 is 0. The molecule has 0 saturated carbocycles. The Morgan fingerprint density at radius 2 is 1.81 bits per heavy atom. The lowest BCUT2D eigenvalue weighted by atomic mass is 9.87. The van der Waals surface area contributed by atoms with Crippen molar-refractivity contribution in [1.29, 1.82) is 0 Å². The molecular weight excluding hydrogens is 198 g/mol. The molecule has 16 heavy (non-hydrogen) atoms. The van der Waals surface area contributed by atoms with E-state index in [0.29, 0.717) is 11.0 Å². The van der Waals surface area contributed by atoms with Gasteiger partial charge in [-0.15, -0.1) is 0 Å². The zero-order valence-electron chi connectivity index (χ0n) is 10.4. The van der Waals surface area contributed by atoms with Crippen LogP contribution < -0.4 is 5.73 Å². The first-order valence-electron chi connectivity index (χ1n) is 5.73. The van der Waals surface area contributed by atoms with E-state index in [0.717, 1.165) is 24.7 Å². The Bertz CT molecular complexity index is 335. The molecule has 0 fully saturated rings. The summed E-state index contributed by atoms with van der Waals surface area (Å²) in [5, 5.41) is 0. The predicted molar refractivity (Wildman–Crippen MR) is 67.4 cm³/mol. The van der Waals surface area contributed by atoms with Gasteiger partial charge >= 0.3 is 0 Å². The maximum Gasteiger partial charge on any atom is 0.150 e. The highest BCUT2D eigenvalue weighted by Crippen LogP contribution is 2.25. The highest BCUT2D eigenvalue weighted by atomic mass is 16.1. The van der Waals surface area contributed by atoms with Crippen molar-refractivity contribution in [2.75, 3.05) is 0 Å². The third-order valence-electron chi connectivity index (χ3n) is 2.71. The van der Waals surface area contributed by atoms with Crippen LogP contribution in [0.15, 0.2) is 24.3 Å². The lowest BCUT2D eigenvalue weighted by Crippen LogP contribution is -2.14. The van der Waals surface area contributed by atoms with Gasteiger partial charge in [0.15, 0.2) is 0 Å². The average molecular weight is 219 g/mol. The summed E-state index contributed by atoms with van der Waals surface area (Å²) in [6.45, 7) is 6.65. The smallest absolute Gasteiger partial charge is 0.150 e. The second kappa shape index (κ2) is 5.26. The van der Waals surface area contributed by atoms with Crippen LogP contribution in [0.3, 0.4) is 0 Å². The van der Waals surface area contributed by atoms with E-state index >= 15 is 0 Å². The molecule has 1 rings (SSSR count). The SMILES string of the molecule is CC(C)(C)CCC(N)c1ccc(C=O)cc1. The quantitative estimate of drug-likeness (QED) is 0.789. The Hall–Kier alpha value is -1.15. The fraction of sp³-hybridized carbons (Fsp3) is 0.500. The number of carbonyl (C=O) groups excluding carboxylic acids is 1. The molecule has 0 spiro atoms. The van der Waals surface area contributed by atoms with Crippen LogP contribution >= 0.6 is 0 Å². The molecule has 1 unspecified atom stereocenters. The minimum atomic E-state index is 0.0694. The highest BCUT2D eigenvalue weighted by molar-refractivity contribution is 5.74. The normalized spacial score (nSPS) is 13.5. The van der Waals surface area contributed by atoms with Gasteiger partial charge in [0, 0.05) is 11.6 Å². The molecule has 1 aromatic carbocycles. The van der Waals surface area contributed by atoms with Crippen molar-refractivity contribution >= 4 is 6.29 Å². The van der Waals surface area contributed by atoms with Crippen LogP contribution in [0.5, 0.6) is 0 Å². The van der Waals surface area contributed by atoms with E-state index in [4.69, 9.17) is 5.73 Å². The van der Waals surface area contributed by atoms with Crippen molar-refractivity contribution < 1.29 is 4.79 Å². The molecule has 0 radical (unpaired) electrons. The van der Waals surface area contributed by atoms with Crippen LogP contribution in [0.4, 0.5) is 0 Å². The third kappa shape index (κ3) is 4.15. The van der Waals surface area contributed by atoms with Crippen molar-refractivity contribution in [2.45, 2.75) is 39.7 Å². The van der Waals surface area contributed by atoms with E-state index in [1.54, 1.807) is 0 Å². The number of aldehydes is 1. The third-order valence-corrected chi connectivity index (χ3v) is 2.71. The van der Waals surface area contributed by atoms with Gasteiger partial charge in [0.25, 0.3) is 0 Å². The van der Waals surface area contributed by atoms with E-state index < -0.39 is 0 Å². The van der Waals surface area contributed by atoms with Crippen LogP contribution in [-0.2, 0) is 0 Å². The molecule has 0 heterocycles. The van der Waals surface area contributed by atoms with Crippen LogP contribution in [0, 0.1) is 5.41 Å². The summed E-state index contributed by atoms with van der Waals surface area (Å²) in [7, 11) is 0. The van der Waals surface area contributed by atoms with Gasteiger partial charge in [0.1, 0.15) is 6.29 Å².